The number of ether oxygens (including phenoxy) is 1. The minimum Gasteiger partial charge on any atom is -0.480 e. The Morgan fingerprint density at radius 2 is 2.05 bits per heavy atom. The number of carbonyl (C=O) groups is 2. The zero-order chi connectivity index (χ0) is 14.5. The first-order valence-electron chi connectivity index (χ1n) is 6.70. The van der Waals surface area contributed by atoms with E-state index in [1.165, 1.54) is 0 Å². The van der Waals surface area contributed by atoms with Gasteiger partial charge in [-0.05, 0) is 40.2 Å². The standard InChI is InChI=1S/C13H24N2O4/c1-13(2,3)19-12(18)14-10-6-4-5-7-15(8-10)9-11(16)17/h10H,4-9H2,1-3H3,(H,14,18)(H,16,17)/t10-/m0/s1. The van der Waals surface area contributed by atoms with E-state index in [9.17, 15) is 9.59 Å². The summed E-state index contributed by atoms with van der Waals surface area (Å²) in [5.74, 6) is -0.835. The fraction of sp³-hybridized carbons (Fsp3) is 0.846. The summed E-state index contributed by atoms with van der Waals surface area (Å²) in [5.41, 5.74) is -0.518. The lowest BCUT2D eigenvalue weighted by Crippen LogP contribution is -2.45. The molecule has 1 aliphatic rings. The van der Waals surface area contributed by atoms with Gasteiger partial charge in [-0.1, -0.05) is 6.42 Å². The van der Waals surface area contributed by atoms with Crippen molar-refractivity contribution in [2.45, 2.75) is 51.7 Å². The average molecular weight is 272 g/mol. The molecule has 19 heavy (non-hydrogen) atoms. The second kappa shape index (κ2) is 6.75. The van der Waals surface area contributed by atoms with E-state index in [0.29, 0.717) is 6.54 Å². The van der Waals surface area contributed by atoms with Gasteiger partial charge in [0, 0.05) is 12.6 Å². The van der Waals surface area contributed by atoms with Crippen molar-refractivity contribution in [3.05, 3.63) is 0 Å². The molecule has 1 atom stereocenters. The molecule has 110 valence electrons. The third-order valence-corrected chi connectivity index (χ3v) is 2.84. The number of alkyl carbamates (subject to hydrolysis) is 1. The fourth-order valence-electron chi connectivity index (χ4n) is 2.15. The van der Waals surface area contributed by atoms with E-state index in [4.69, 9.17) is 9.84 Å². The van der Waals surface area contributed by atoms with Crippen LogP contribution in [0.1, 0.15) is 40.0 Å². The van der Waals surface area contributed by atoms with Crippen molar-refractivity contribution in [1.29, 1.82) is 0 Å². The smallest absolute Gasteiger partial charge is 0.407 e. The van der Waals surface area contributed by atoms with Gasteiger partial charge in [0.1, 0.15) is 5.60 Å². The summed E-state index contributed by atoms with van der Waals surface area (Å²) in [4.78, 5) is 24.3. The van der Waals surface area contributed by atoms with Crippen LogP contribution in [0.3, 0.4) is 0 Å². The summed E-state index contributed by atoms with van der Waals surface area (Å²) >= 11 is 0. The van der Waals surface area contributed by atoms with E-state index in [1.807, 2.05) is 25.7 Å². The van der Waals surface area contributed by atoms with Gasteiger partial charge in [-0.2, -0.15) is 0 Å². The van der Waals surface area contributed by atoms with Crippen LogP contribution in [0.2, 0.25) is 0 Å². The summed E-state index contributed by atoms with van der Waals surface area (Å²) in [6.07, 6.45) is 2.36. The molecule has 2 N–H and O–H groups in total. The molecule has 1 heterocycles. The number of hydrogen-bond donors (Lipinski definition) is 2. The Kier molecular flexibility index (Phi) is 5.60. The van der Waals surface area contributed by atoms with Gasteiger partial charge in [0.25, 0.3) is 0 Å². The number of amides is 1. The van der Waals surface area contributed by atoms with Crippen molar-refractivity contribution in [3.63, 3.8) is 0 Å². The number of carboxylic acid groups (broad SMARTS) is 1. The molecule has 1 fully saturated rings. The maximum Gasteiger partial charge on any atom is 0.407 e. The first kappa shape index (κ1) is 15.8. The summed E-state index contributed by atoms with van der Waals surface area (Å²) in [6, 6.07) is -0.0447. The van der Waals surface area contributed by atoms with Gasteiger partial charge in [0.2, 0.25) is 0 Å². The highest BCUT2D eigenvalue weighted by Gasteiger charge is 2.23. The highest BCUT2D eigenvalue weighted by atomic mass is 16.6. The van der Waals surface area contributed by atoms with Gasteiger partial charge in [0.05, 0.1) is 6.54 Å². The summed E-state index contributed by atoms with van der Waals surface area (Å²) < 4.78 is 5.21. The van der Waals surface area contributed by atoms with Crippen LogP contribution in [0.4, 0.5) is 4.79 Å². The molecular weight excluding hydrogens is 248 g/mol. The second-order valence-electron chi connectivity index (χ2n) is 5.97. The Balaban J connectivity index is 2.47. The number of carbonyl (C=O) groups excluding carboxylic acids is 1. The van der Waals surface area contributed by atoms with Crippen LogP contribution in [0, 0.1) is 0 Å². The number of hydrogen-bond acceptors (Lipinski definition) is 4. The third-order valence-electron chi connectivity index (χ3n) is 2.84. The van der Waals surface area contributed by atoms with Crippen LogP contribution in [0.5, 0.6) is 0 Å². The van der Waals surface area contributed by atoms with Crippen molar-refractivity contribution in [3.8, 4) is 0 Å². The number of nitrogens with one attached hydrogen (secondary N) is 1. The van der Waals surface area contributed by atoms with Gasteiger partial charge >= 0.3 is 12.1 Å². The highest BCUT2D eigenvalue weighted by Crippen LogP contribution is 2.12. The van der Waals surface area contributed by atoms with Gasteiger partial charge in [-0.3, -0.25) is 9.69 Å². The number of carboxylic acids is 1. The van der Waals surface area contributed by atoms with Gasteiger partial charge in [0.15, 0.2) is 0 Å². The lowest BCUT2D eigenvalue weighted by molar-refractivity contribution is -0.138. The van der Waals surface area contributed by atoms with Gasteiger partial charge in [-0.15, -0.1) is 0 Å². The highest BCUT2D eigenvalue weighted by molar-refractivity contribution is 5.69. The topological polar surface area (TPSA) is 78.9 Å². The van der Waals surface area contributed by atoms with E-state index in [-0.39, 0.29) is 12.6 Å². The molecule has 0 aromatic rings. The zero-order valence-electron chi connectivity index (χ0n) is 11.9. The molecule has 0 unspecified atom stereocenters. The summed E-state index contributed by atoms with van der Waals surface area (Å²) in [7, 11) is 0. The minimum atomic E-state index is -0.835. The van der Waals surface area contributed by atoms with E-state index >= 15 is 0 Å². The predicted octanol–water partition coefficient (Wildman–Crippen LogP) is 1.45. The van der Waals surface area contributed by atoms with Crippen molar-refractivity contribution in [2.75, 3.05) is 19.6 Å². The molecule has 0 aromatic carbocycles. The molecule has 0 saturated carbocycles. The largest absolute Gasteiger partial charge is 0.480 e. The van der Waals surface area contributed by atoms with Crippen LogP contribution in [-0.4, -0.2) is 53.3 Å². The Labute approximate surface area is 114 Å². The van der Waals surface area contributed by atoms with E-state index in [0.717, 1.165) is 25.8 Å². The molecule has 6 heteroatoms. The maximum absolute atomic E-state index is 11.7. The van der Waals surface area contributed by atoms with Crippen molar-refractivity contribution >= 4 is 12.1 Å². The molecule has 0 radical (unpaired) electrons. The SMILES string of the molecule is CC(C)(C)OC(=O)N[C@H]1CCCCN(CC(=O)O)C1. The summed E-state index contributed by atoms with van der Waals surface area (Å²) in [5, 5.41) is 11.6. The molecule has 1 amide bonds. The Bertz CT molecular complexity index is 325. The number of rotatable bonds is 3. The first-order chi connectivity index (χ1) is 8.76. The van der Waals surface area contributed by atoms with E-state index in [1.54, 1.807) is 0 Å². The van der Waals surface area contributed by atoms with Crippen LogP contribution >= 0.6 is 0 Å². The van der Waals surface area contributed by atoms with E-state index in [2.05, 4.69) is 5.32 Å². The van der Waals surface area contributed by atoms with Crippen molar-refractivity contribution in [2.24, 2.45) is 0 Å². The van der Waals surface area contributed by atoms with Crippen LogP contribution in [0.15, 0.2) is 0 Å². The second-order valence-corrected chi connectivity index (χ2v) is 5.97. The molecule has 0 aromatic heterocycles. The third kappa shape index (κ3) is 7.00. The Morgan fingerprint density at radius 3 is 2.63 bits per heavy atom. The normalized spacial score (nSPS) is 21.5. The first-order valence-corrected chi connectivity index (χ1v) is 6.70. The Hall–Kier alpha value is -1.30. The molecule has 1 saturated heterocycles. The minimum absolute atomic E-state index is 0.0203. The van der Waals surface area contributed by atoms with Gasteiger partial charge < -0.3 is 15.2 Å². The van der Waals surface area contributed by atoms with Crippen LogP contribution < -0.4 is 5.32 Å². The fourth-order valence-corrected chi connectivity index (χ4v) is 2.15. The molecule has 0 spiro atoms. The lowest BCUT2D eigenvalue weighted by atomic mass is 10.1. The molecule has 6 nitrogen and oxygen atoms in total. The summed E-state index contributed by atoms with van der Waals surface area (Å²) in [6.45, 7) is 6.79. The number of nitrogens with zero attached hydrogens (tertiary/aromatic N) is 1. The molecular formula is C13H24N2O4. The van der Waals surface area contributed by atoms with Gasteiger partial charge in [-0.25, -0.2) is 4.79 Å². The lowest BCUT2D eigenvalue weighted by Gasteiger charge is -2.25. The molecule has 0 bridgehead atoms. The average Bonchev–Trinajstić information content (AvgIpc) is 2.39. The molecule has 1 aliphatic heterocycles. The number of likely N-dealkylation sites (tertiary alicyclic amines) is 1. The quantitative estimate of drug-likeness (QED) is 0.813. The molecule has 0 aliphatic carbocycles. The molecule has 1 rings (SSSR count). The Morgan fingerprint density at radius 1 is 1.37 bits per heavy atom. The monoisotopic (exact) mass is 272 g/mol. The predicted molar refractivity (Wildman–Crippen MR) is 71.1 cm³/mol. The van der Waals surface area contributed by atoms with Crippen LogP contribution in [0.25, 0.3) is 0 Å². The van der Waals surface area contributed by atoms with E-state index < -0.39 is 17.7 Å². The van der Waals surface area contributed by atoms with Crippen molar-refractivity contribution in [1.82, 2.24) is 10.2 Å². The van der Waals surface area contributed by atoms with Crippen LogP contribution in [-0.2, 0) is 9.53 Å². The number of aliphatic carboxylic acids is 1. The van der Waals surface area contributed by atoms with Crippen molar-refractivity contribution < 1.29 is 19.4 Å². The maximum atomic E-state index is 11.7. The zero-order valence-corrected chi connectivity index (χ0v) is 11.9.